The summed E-state index contributed by atoms with van der Waals surface area (Å²) in [7, 11) is 0. The van der Waals surface area contributed by atoms with Crippen molar-refractivity contribution in [3.05, 3.63) is 0 Å². The molecule has 0 aromatic carbocycles. The van der Waals surface area contributed by atoms with Gasteiger partial charge in [-0.05, 0) is 13.8 Å². The van der Waals surface area contributed by atoms with Gasteiger partial charge in [0.1, 0.15) is 0 Å². The van der Waals surface area contributed by atoms with E-state index in [0.717, 1.165) is 0 Å². The zero-order chi connectivity index (χ0) is 11.9. The van der Waals surface area contributed by atoms with Crippen LogP contribution in [0.25, 0.3) is 0 Å². The molecule has 3 nitrogen and oxygen atoms in total. The number of rotatable bonds is 6. The monoisotopic (exact) mass is 228 g/mol. The molecule has 0 bridgehead atoms. The Morgan fingerprint density at radius 2 is 1.87 bits per heavy atom. The van der Waals surface area contributed by atoms with E-state index in [0.29, 0.717) is 0 Å². The molecule has 0 radical (unpaired) electrons. The Labute approximate surface area is 86.5 Å². The molecule has 0 rings (SSSR count). The number of esters is 1. The number of hydrogen-bond acceptors (Lipinski definition) is 3. The predicted octanol–water partition coefficient (Wildman–Crippen LogP) is 2.30. The van der Waals surface area contributed by atoms with Crippen LogP contribution in [0.5, 0.6) is 0 Å². The minimum atomic E-state index is -4.33. The molecule has 0 aliphatic heterocycles. The summed E-state index contributed by atoms with van der Waals surface area (Å²) in [6.45, 7) is 3.47. The van der Waals surface area contributed by atoms with E-state index in [4.69, 9.17) is 4.74 Å². The van der Waals surface area contributed by atoms with Gasteiger partial charge in [-0.3, -0.25) is 4.79 Å². The molecule has 0 fully saturated rings. The largest absolute Gasteiger partial charge is 0.466 e. The second kappa shape index (κ2) is 6.66. The van der Waals surface area contributed by atoms with Crippen molar-refractivity contribution in [2.24, 2.45) is 0 Å². The van der Waals surface area contributed by atoms with Gasteiger partial charge in [0.15, 0.2) is 0 Å². The summed E-state index contributed by atoms with van der Waals surface area (Å²) in [5.74, 6) is -0.666. The molecule has 0 aromatic rings. The molecule has 0 aliphatic rings. The molecule has 0 aromatic heterocycles. The van der Waals surface area contributed by atoms with E-state index < -0.39 is 24.7 Å². The lowest BCUT2D eigenvalue weighted by molar-refractivity contribution is -0.167. The van der Waals surface area contributed by atoms with E-state index in [1.807, 2.05) is 0 Å². The lowest BCUT2D eigenvalue weighted by Crippen LogP contribution is -2.26. The van der Waals surface area contributed by atoms with Gasteiger partial charge in [-0.1, -0.05) is 0 Å². The molecule has 0 N–H and O–H groups in total. The number of carbonyl (C=O) groups excluding carboxylic acids is 1. The van der Waals surface area contributed by atoms with E-state index in [1.165, 1.54) is 0 Å². The second-order valence-electron chi connectivity index (χ2n) is 2.91. The van der Waals surface area contributed by atoms with Crippen LogP contribution in [0.15, 0.2) is 0 Å². The van der Waals surface area contributed by atoms with E-state index >= 15 is 0 Å². The summed E-state index contributed by atoms with van der Waals surface area (Å²) < 4.78 is 45.5. The van der Waals surface area contributed by atoms with E-state index in [9.17, 15) is 18.0 Å². The van der Waals surface area contributed by atoms with Crippen molar-refractivity contribution < 1.29 is 27.4 Å². The number of ether oxygens (including phenoxy) is 2. The van der Waals surface area contributed by atoms with Crippen LogP contribution < -0.4 is 0 Å². The minimum Gasteiger partial charge on any atom is -0.466 e. The van der Waals surface area contributed by atoms with E-state index in [1.54, 1.807) is 13.8 Å². The third-order valence-corrected chi connectivity index (χ3v) is 1.56. The first-order valence-corrected chi connectivity index (χ1v) is 4.73. The van der Waals surface area contributed by atoms with Crippen LogP contribution in [0.4, 0.5) is 13.2 Å². The fourth-order valence-electron chi connectivity index (χ4n) is 1.09. The van der Waals surface area contributed by atoms with Crippen molar-refractivity contribution in [1.29, 1.82) is 0 Å². The third-order valence-electron chi connectivity index (χ3n) is 1.56. The molecule has 0 saturated carbocycles. The SMILES string of the molecule is CCOC(=O)CC(CC(F)(F)F)OCC. The Hall–Kier alpha value is -0.780. The quantitative estimate of drug-likeness (QED) is 0.654. The van der Waals surface area contributed by atoms with Gasteiger partial charge >= 0.3 is 12.1 Å². The first-order chi connectivity index (χ1) is 6.89. The van der Waals surface area contributed by atoms with Gasteiger partial charge in [-0.15, -0.1) is 0 Å². The predicted molar refractivity (Wildman–Crippen MR) is 47.3 cm³/mol. The number of hydrogen-bond donors (Lipinski definition) is 0. The van der Waals surface area contributed by atoms with Crippen LogP contribution in [0.3, 0.4) is 0 Å². The summed E-state index contributed by atoms with van der Waals surface area (Å²) in [6.07, 6.45) is -6.96. The Bertz CT molecular complexity index is 192. The Balaban J connectivity index is 4.09. The van der Waals surface area contributed by atoms with E-state index in [2.05, 4.69) is 4.74 Å². The number of alkyl halides is 3. The van der Waals surface area contributed by atoms with Gasteiger partial charge in [-0.25, -0.2) is 0 Å². The molecule has 1 atom stereocenters. The molecule has 0 saturated heterocycles. The highest BCUT2D eigenvalue weighted by Gasteiger charge is 2.33. The lowest BCUT2D eigenvalue weighted by atomic mass is 10.2. The highest BCUT2D eigenvalue weighted by molar-refractivity contribution is 5.69. The Morgan fingerprint density at radius 3 is 2.27 bits per heavy atom. The second-order valence-corrected chi connectivity index (χ2v) is 2.91. The molecule has 6 heteroatoms. The fourth-order valence-corrected chi connectivity index (χ4v) is 1.09. The van der Waals surface area contributed by atoms with Crippen LogP contribution in [-0.4, -0.2) is 31.5 Å². The summed E-state index contributed by atoms with van der Waals surface area (Å²) in [5.41, 5.74) is 0. The summed E-state index contributed by atoms with van der Waals surface area (Å²) in [5, 5.41) is 0. The summed E-state index contributed by atoms with van der Waals surface area (Å²) in [6, 6.07) is 0. The van der Waals surface area contributed by atoms with Gasteiger partial charge in [0.25, 0.3) is 0 Å². The zero-order valence-electron chi connectivity index (χ0n) is 8.76. The minimum absolute atomic E-state index is 0.139. The molecular weight excluding hydrogens is 213 g/mol. The summed E-state index contributed by atoms with van der Waals surface area (Å²) >= 11 is 0. The van der Waals surface area contributed by atoms with Crippen molar-refractivity contribution in [2.45, 2.75) is 39.0 Å². The van der Waals surface area contributed by atoms with Crippen LogP contribution in [0.2, 0.25) is 0 Å². The topological polar surface area (TPSA) is 35.5 Å². The fraction of sp³-hybridized carbons (Fsp3) is 0.889. The van der Waals surface area contributed by atoms with Crippen LogP contribution >= 0.6 is 0 Å². The summed E-state index contributed by atoms with van der Waals surface area (Å²) in [4.78, 5) is 10.9. The van der Waals surface area contributed by atoms with Crippen molar-refractivity contribution >= 4 is 5.97 Å². The van der Waals surface area contributed by atoms with Crippen molar-refractivity contribution in [1.82, 2.24) is 0 Å². The van der Waals surface area contributed by atoms with Gasteiger partial charge in [-0.2, -0.15) is 13.2 Å². The van der Waals surface area contributed by atoms with Gasteiger partial charge < -0.3 is 9.47 Å². The maximum Gasteiger partial charge on any atom is 0.391 e. The standard InChI is InChI=1S/C9H15F3O3/c1-3-14-7(6-9(10,11)12)5-8(13)15-4-2/h7H,3-6H2,1-2H3. The molecule has 15 heavy (non-hydrogen) atoms. The normalized spacial score (nSPS) is 13.7. The van der Waals surface area contributed by atoms with Crippen molar-refractivity contribution in [3.63, 3.8) is 0 Å². The average molecular weight is 228 g/mol. The molecule has 0 heterocycles. The highest BCUT2D eigenvalue weighted by Crippen LogP contribution is 2.24. The lowest BCUT2D eigenvalue weighted by Gasteiger charge is -2.17. The first-order valence-electron chi connectivity index (χ1n) is 4.73. The molecule has 90 valence electrons. The average Bonchev–Trinajstić information content (AvgIpc) is 2.01. The van der Waals surface area contributed by atoms with Gasteiger partial charge in [0.2, 0.25) is 0 Å². The Morgan fingerprint density at radius 1 is 1.27 bits per heavy atom. The molecule has 0 aliphatic carbocycles. The molecule has 0 amide bonds. The Kier molecular flexibility index (Phi) is 6.31. The molecular formula is C9H15F3O3. The zero-order valence-corrected chi connectivity index (χ0v) is 8.76. The van der Waals surface area contributed by atoms with Crippen LogP contribution in [0.1, 0.15) is 26.7 Å². The first kappa shape index (κ1) is 14.2. The maximum atomic E-state index is 12.0. The highest BCUT2D eigenvalue weighted by atomic mass is 19.4. The third kappa shape index (κ3) is 8.23. The molecule has 1 unspecified atom stereocenters. The van der Waals surface area contributed by atoms with Crippen LogP contribution in [0, 0.1) is 0 Å². The van der Waals surface area contributed by atoms with Crippen LogP contribution in [-0.2, 0) is 14.3 Å². The van der Waals surface area contributed by atoms with Crippen molar-refractivity contribution in [3.8, 4) is 0 Å². The molecule has 0 spiro atoms. The number of halogens is 3. The van der Waals surface area contributed by atoms with Gasteiger partial charge in [0, 0.05) is 6.61 Å². The van der Waals surface area contributed by atoms with Gasteiger partial charge in [0.05, 0.1) is 25.6 Å². The maximum absolute atomic E-state index is 12.0. The van der Waals surface area contributed by atoms with Crippen molar-refractivity contribution in [2.75, 3.05) is 13.2 Å². The number of carbonyl (C=O) groups is 1. The van der Waals surface area contributed by atoms with E-state index in [-0.39, 0.29) is 19.6 Å². The smallest absolute Gasteiger partial charge is 0.391 e.